The van der Waals surface area contributed by atoms with Crippen LogP contribution in [0.4, 0.5) is 4.79 Å². The zero-order valence-electron chi connectivity index (χ0n) is 7.56. The highest BCUT2D eigenvalue weighted by atomic mass is 16.6. The second-order valence-corrected chi connectivity index (χ2v) is 3.05. The highest BCUT2D eigenvalue weighted by Gasteiger charge is 2.12. The summed E-state index contributed by atoms with van der Waals surface area (Å²) in [6, 6.07) is -0.603. The summed E-state index contributed by atoms with van der Waals surface area (Å²) >= 11 is 0. The molecule has 1 aromatic heterocycles. The van der Waals surface area contributed by atoms with Gasteiger partial charge in [-0.15, -0.1) is 0 Å². The van der Waals surface area contributed by atoms with E-state index in [4.69, 9.17) is 4.74 Å². The fourth-order valence-electron chi connectivity index (χ4n) is 0.736. The van der Waals surface area contributed by atoms with Crippen LogP contribution >= 0.6 is 0 Å². The van der Waals surface area contributed by atoms with Crippen molar-refractivity contribution in [2.75, 3.05) is 6.61 Å². The van der Waals surface area contributed by atoms with Crippen LogP contribution in [-0.2, 0) is 9.84 Å². The fraction of sp³-hybridized carbons (Fsp3) is 0.500. The molecule has 1 rings (SSSR count). The summed E-state index contributed by atoms with van der Waals surface area (Å²) in [5.41, 5.74) is 0. The first-order chi connectivity index (χ1) is 6.11. The molecule has 1 aromatic rings. The maximum Gasteiger partial charge on any atom is 0.422 e. The van der Waals surface area contributed by atoms with Crippen molar-refractivity contribution in [3.05, 3.63) is 12.4 Å². The van der Waals surface area contributed by atoms with E-state index in [0.29, 0.717) is 6.61 Å². The van der Waals surface area contributed by atoms with Gasteiger partial charge in [0.25, 0.3) is 0 Å². The smallest absolute Gasteiger partial charge is 0.422 e. The first-order valence-corrected chi connectivity index (χ1v) is 3.98. The lowest BCUT2D eigenvalue weighted by Crippen LogP contribution is -2.15. The van der Waals surface area contributed by atoms with Gasteiger partial charge < -0.3 is 4.74 Å². The molecule has 0 N–H and O–H groups in total. The van der Waals surface area contributed by atoms with Gasteiger partial charge in [0.15, 0.2) is 0 Å². The van der Waals surface area contributed by atoms with Crippen LogP contribution in [0.3, 0.4) is 0 Å². The first kappa shape index (κ1) is 9.57. The van der Waals surface area contributed by atoms with Crippen molar-refractivity contribution in [3.8, 4) is 6.01 Å². The highest BCUT2D eigenvalue weighted by molar-refractivity contribution is 5.71. The van der Waals surface area contributed by atoms with Crippen LogP contribution < -0.4 is 0 Å². The van der Waals surface area contributed by atoms with Gasteiger partial charge in [0.1, 0.15) is 0 Å². The lowest BCUT2D eigenvalue weighted by atomic mass is 10.2. The molecular weight excluding hydrogens is 172 g/mol. The molecule has 0 bridgehead atoms. The lowest BCUT2D eigenvalue weighted by Gasteiger charge is -2.06. The monoisotopic (exact) mass is 183 g/mol. The van der Waals surface area contributed by atoms with Gasteiger partial charge >= 0.3 is 12.1 Å². The average molecular weight is 183 g/mol. The Morgan fingerprint density at radius 2 is 2.38 bits per heavy atom. The summed E-state index contributed by atoms with van der Waals surface area (Å²) in [5.74, 6) is 0.252. The Morgan fingerprint density at radius 3 is 2.85 bits per heavy atom. The number of hydrogen-bond donors (Lipinski definition) is 0. The van der Waals surface area contributed by atoms with Crippen LogP contribution in [0, 0.1) is 5.92 Å². The molecule has 1 radical (unpaired) electrons. The maximum atomic E-state index is 11.1. The quantitative estimate of drug-likeness (QED) is 0.700. The number of imidazole rings is 1. The van der Waals surface area contributed by atoms with Crippen LogP contribution in [-0.4, -0.2) is 22.3 Å². The number of carbonyl (C=O) groups excluding carboxylic acids is 1. The number of ether oxygens (including phenoxy) is 1. The highest BCUT2D eigenvalue weighted by Crippen LogP contribution is 2.06. The Morgan fingerprint density at radius 1 is 1.69 bits per heavy atom. The molecule has 1 heterocycles. The third-order valence-electron chi connectivity index (χ3n) is 1.34. The van der Waals surface area contributed by atoms with Crippen LogP contribution in [0.1, 0.15) is 13.8 Å². The molecule has 0 fully saturated rings. The third kappa shape index (κ3) is 2.47. The summed E-state index contributed by atoms with van der Waals surface area (Å²) in [7, 11) is 0. The van der Waals surface area contributed by atoms with Crippen molar-refractivity contribution < 1.29 is 14.6 Å². The molecule has 0 aliphatic carbocycles. The number of hydrogen-bond acceptors (Lipinski definition) is 3. The lowest BCUT2D eigenvalue weighted by molar-refractivity contribution is 0.130. The molecule has 0 saturated carbocycles. The summed E-state index contributed by atoms with van der Waals surface area (Å²) in [4.78, 5) is 14.5. The number of nitrogens with zero attached hydrogens (tertiary/aromatic N) is 2. The Labute approximate surface area is 76.0 Å². The zero-order chi connectivity index (χ0) is 9.84. The van der Waals surface area contributed by atoms with Gasteiger partial charge in [0.2, 0.25) is 0 Å². The topological polar surface area (TPSA) is 64.0 Å². The van der Waals surface area contributed by atoms with Crippen molar-refractivity contribution >= 4 is 6.09 Å². The van der Waals surface area contributed by atoms with Crippen molar-refractivity contribution in [3.63, 3.8) is 0 Å². The minimum Gasteiger partial charge on any atom is -0.449 e. The standard InChI is InChI=1S/C8H11N2O3/c1-6(2)5-13-8(12)10-4-3-9-7(10)11/h3-4,6H,5H2,1-2H3. The largest absolute Gasteiger partial charge is 0.449 e. The Hall–Kier alpha value is -1.52. The van der Waals surface area contributed by atoms with E-state index in [0.717, 1.165) is 4.57 Å². The summed E-state index contributed by atoms with van der Waals surface area (Å²) in [6.45, 7) is 4.13. The van der Waals surface area contributed by atoms with Gasteiger partial charge in [-0.3, -0.25) is 0 Å². The van der Waals surface area contributed by atoms with Crippen molar-refractivity contribution in [2.24, 2.45) is 5.92 Å². The number of aromatic nitrogens is 2. The number of carbonyl (C=O) groups is 1. The predicted octanol–water partition coefficient (Wildman–Crippen LogP) is 1.67. The molecule has 0 saturated heterocycles. The third-order valence-corrected chi connectivity index (χ3v) is 1.34. The van der Waals surface area contributed by atoms with Gasteiger partial charge in [0, 0.05) is 12.4 Å². The van der Waals surface area contributed by atoms with E-state index in [1.54, 1.807) is 0 Å². The molecule has 0 spiro atoms. The maximum absolute atomic E-state index is 11.1. The fourth-order valence-corrected chi connectivity index (χ4v) is 0.736. The van der Waals surface area contributed by atoms with Crippen LogP contribution in [0.2, 0.25) is 0 Å². The minimum absolute atomic E-state index is 0.252. The molecule has 0 amide bonds. The molecule has 0 unspecified atom stereocenters. The summed E-state index contributed by atoms with van der Waals surface area (Å²) in [6.07, 6.45) is 1.88. The Kier molecular flexibility index (Phi) is 2.89. The van der Waals surface area contributed by atoms with Crippen molar-refractivity contribution in [2.45, 2.75) is 13.8 Å². The van der Waals surface area contributed by atoms with Crippen LogP contribution in [0.25, 0.3) is 0 Å². The van der Waals surface area contributed by atoms with Gasteiger partial charge in [-0.2, -0.15) is 4.98 Å². The van der Waals surface area contributed by atoms with Gasteiger partial charge in [-0.25, -0.2) is 14.5 Å². The zero-order valence-corrected chi connectivity index (χ0v) is 7.56. The summed E-state index contributed by atoms with van der Waals surface area (Å²) in [5, 5.41) is 10.9. The van der Waals surface area contributed by atoms with E-state index in [9.17, 15) is 9.90 Å². The normalized spacial score (nSPS) is 10.4. The van der Waals surface area contributed by atoms with Crippen molar-refractivity contribution in [1.82, 2.24) is 9.55 Å². The van der Waals surface area contributed by atoms with E-state index in [1.807, 2.05) is 13.8 Å². The molecule has 5 heteroatoms. The predicted molar refractivity (Wildman–Crippen MR) is 43.9 cm³/mol. The van der Waals surface area contributed by atoms with Crippen LogP contribution in [0.5, 0.6) is 6.01 Å². The van der Waals surface area contributed by atoms with Gasteiger partial charge in [-0.05, 0) is 5.92 Å². The summed E-state index contributed by atoms with van der Waals surface area (Å²) < 4.78 is 5.65. The minimum atomic E-state index is -0.670. The molecule has 0 aliphatic heterocycles. The Bertz CT molecular complexity index is 293. The van der Waals surface area contributed by atoms with E-state index < -0.39 is 12.1 Å². The van der Waals surface area contributed by atoms with Crippen LogP contribution in [0.15, 0.2) is 12.4 Å². The molecule has 71 valence electrons. The molecule has 5 nitrogen and oxygen atoms in total. The Balaban J connectivity index is 2.54. The van der Waals surface area contributed by atoms with E-state index >= 15 is 0 Å². The molecule has 0 atom stereocenters. The van der Waals surface area contributed by atoms with Gasteiger partial charge in [0.05, 0.1) is 6.61 Å². The first-order valence-electron chi connectivity index (χ1n) is 3.98. The molecule has 0 aromatic carbocycles. The van der Waals surface area contributed by atoms with Crippen molar-refractivity contribution in [1.29, 1.82) is 0 Å². The molecule has 13 heavy (non-hydrogen) atoms. The van der Waals surface area contributed by atoms with E-state index in [-0.39, 0.29) is 5.92 Å². The molecular formula is C8H11N2O3. The SMILES string of the molecule is CC(C)COC(=O)n1ccnc1[O]. The van der Waals surface area contributed by atoms with E-state index in [2.05, 4.69) is 4.98 Å². The molecule has 0 aliphatic rings. The second-order valence-electron chi connectivity index (χ2n) is 3.05. The van der Waals surface area contributed by atoms with E-state index in [1.165, 1.54) is 12.4 Å². The average Bonchev–Trinajstić information content (AvgIpc) is 2.47. The second kappa shape index (κ2) is 3.93. The number of rotatable bonds is 2. The van der Waals surface area contributed by atoms with Gasteiger partial charge in [-0.1, -0.05) is 13.8 Å².